The minimum atomic E-state index is -0.277. The Morgan fingerprint density at radius 1 is 1.29 bits per heavy atom. The summed E-state index contributed by atoms with van der Waals surface area (Å²) in [6.45, 7) is 2.96. The summed E-state index contributed by atoms with van der Waals surface area (Å²) in [5.74, 6) is 2.43. The third-order valence-electron chi connectivity index (χ3n) is 4.08. The molecule has 3 heterocycles. The van der Waals surface area contributed by atoms with Gasteiger partial charge in [-0.2, -0.15) is 0 Å². The van der Waals surface area contributed by atoms with E-state index in [0.717, 1.165) is 36.6 Å². The lowest BCUT2D eigenvalue weighted by Crippen LogP contribution is -2.25. The highest BCUT2D eigenvalue weighted by Gasteiger charge is 2.22. The third-order valence-corrected chi connectivity index (χ3v) is 4.08. The molecule has 1 aliphatic rings. The Bertz CT molecular complexity index is 882. The van der Waals surface area contributed by atoms with Crippen molar-refractivity contribution in [2.45, 2.75) is 32.9 Å². The molecule has 0 fully saturated rings. The molecule has 7 nitrogen and oxygen atoms in total. The van der Waals surface area contributed by atoms with E-state index in [1.165, 1.54) is 0 Å². The standard InChI is InChI=1S/C17H17N5O2/c1-11-19-15(16(24-11)12-6-3-2-4-7-12)17(23)18-10-14-21-20-13-8-5-9-22(13)14/h2-4,6-7H,5,8-10H2,1H3,(H,18,23). The highest BCUT2D eigenvalue weighted by atomic mass is 16.4. The van der Waals surface area contributed by atoms with Gasteiger partial charge in [-0.25, -0.2) is 4.98 Å². The normalized spacial score (nSPS) is 13.0. The van der Waals surface area contributed by atoms with Crippen LogP contribution in [0.4, 0.5) is 0 Å². The summed E-state index contributed by atoms with van der Waals surface area (Å²) in [7, 11) is 0. The second-order valence-electron chi connectivity index (χ2n) is 5.75. The van der Waals surface area contributed by atoms with E-state index in [1.807, 2.05) is 30.3 Å². The molecule has 0 atom stereocenters. The summed E-state index contributed by atoms with van der Waals surface area (Å²) in [6, 6.07) is 9.49. The fraction of sp³-hybridized carbons (Fsp3) is 0.294. The van der Waals surface area contributed by atoms with Crippen LogP contribution in [0, 0.1) is 6.92 Å². The number of hydrogen-bond donors (Lipinski definition) is 1. The van der Waals surface area contributed by atoms with Gasteiger partial charge in [-0.3, -0.25) is 4.79 Å². The minimum Gasteiger partial charge on any atom is -0.440 e. The largest absolute Gasteiger partial charge is 0.440 e. The summed E-state index contributed by atoms with van der Waals surface area (Å²) in [5, 5.41) is 11.2. The van der Waals surface area contributed by atoms with Crippen molar-refractivity contribution < 1.29 is 9.21 Å². The zero-order valence-electron chi connectivity index (χ0n) is 13.3. The number of fused-ring (bicyclic) bond motifs is 1. The molecule has 0 aliphatic carbocycles. The molecule has 24 heavy (non-hydrogen) atoms. The molecule has 0 bridgehead atoms. The average molecular weight is 323 g/mol. The number of carbonyl (C=O) groups is 1. The summed E-state index contributed by atoms with van der Waals surface area (Å²) in [5.41, 5.74) is 1.12. The van der Waals surface area contributed by atoms with Gasteiger partial charge in [-0.05, 0) is 6.42 Å². The summed E-state index contributed by atoms with van der Waals surface area (Å²) >= 11 is 0. The number of rotatable bonds is 4. The molecule has 0 unspecified atom stereocenters. The van der Waals surface area contributed by atoms with Crippen molar-refractivity contribution in [2.24, 2.45) is 0 Å². The van der Waals surface area contributed by atoms with Crippen LogP contribution in [0.5, 0.6) is 0 Å². The lowest BCUT2D eigenvalue weighted by atomic mass is 10.1. The zero-order valence-corrected chi connectivity index (χ0v) is 13.3. The molecule has 2 aromatic heterocycles. The van der Waals surface area contributed by atoms with Crippen LogP contribution in [0.3, 0.4) is 0 Å². The van der Waals surface area contributed by atoms with E-state index >= 15 is 0 Å². The predicted octanol–water partition coefficient (Wildman–Crippen LogP) is 2.12. The van der Waals surface area contributed by atoms with Crippen LogP contribution in [0.2, 0.25) is 0 Å². The van der Waals surface area contributed by atoms with Crippen molar-refractivity contribution in [2.75, 3.05) is 0 Å². The highest BCUT2D eigenvalue weighted by Crippen LogP contribution is 2.24. The topological polar surface area (TPSA) is 85.8 Å². The summed E-state index contributed by atoms with van der Waals surface area (Å²) in [4.78, 5) is 16.8. The number of carbonyl (C=O) groups excluding carboxylic acids is 1. The Morgan fingerprint density at radius 3 is 2.96 bits per heavy atom. The first-order chi connectivity index (χ1) is 11.7. The molecule has 7 heteroatoms. The Labute approximate surface area is 138 Å². The van der Waals surface area contributed by atoms with Crippen molar-refractivity contribution in [1.82, 2.24) is 25.1 Å². The lowest BCUT2D eigenvalue weighted by molar-refractivity contribution is 0.0945. The molecular formula is C17H17N5O2. The SMILES string of the molecule is Cc1nc(C(=O)NCc2nnc3n2CCC3)c(-c2ccccc2)o1. The second-order valence-corrected chi connectivity index (χ2v) is 5.75. The molecule has 0 saturated heterocycles. The number of aryl methyl sites for hydroxylation is 2. The molecule has 3 aromatic rings. The maximum atomic E-state index is 12.6. The first kappa shape index (κ1) is 14.6. The molecule has 122 valence electrons. The van der Waals surface area contributed by atoms with Gasteiger partial charge in [0.2, 0.25) is 0 Å². The highest BCUT2D eigenvalue weighted by molar-refractivity contribution is 5.97. The fourth-order valence-electron chi connectivity index (χ4n) is 2.95. The van der Waals surface area contributed by atoms with E-state index in [0.29, 0.717) is 23.9 Å². The maximum absolute atomic E-state index is 12.6. The number of hydrogen-bond acceptors (Lipinski definition) is 5. The molecule has 1 aromatic carbocycles. The number of benzene rings is 1. The molecule has 0 saturated carbocycles. The van der Waals surface area contributed by atoms with Crippen LogP contribution in [0.1, 0.15) is 34.4 Å². The maximum Gasteiger partial charge on any atom is 0.274 e. The first-order valence-corrected chi connectivity index (χ1v) is 7.94. The fourth-order valence-corrected chi connectivity index (χ4v) is 2.95. The predicted molar refractivity (Wildman–Crippen MR) is 86.2 cm³/mol. The molecule has 0 spiro atoms. The van der Waals surface area contributed by atoms with E-state index in [4.69, 9.17) is 4.42 Å². The smallest absolute Gasteiger partial charge is 0.274 e. The number of aromatic nitrogens is 4. The van der Waals surface area contributed by atoms with Gasteiger partial charge in [-0.15, -0.1) is 10.2 Å². The van der Waals surface area contributed by atoms with Crippen LogP contribution in [0.15, 0.2) is 34.7 Å². The molecule has 1 aliphatic heterocycles. The van der Waals surface area contributed by atoms with Crippen molar-refractivity contribution in [3.05, 3.63) is 53.6 Å². The molecular weight excluding hydrogens is 306 g/mol. The van der Waals surface area contributed by atoms with E-state index in [2.05, 4.69) is 25.1 Å². The van der Waals surface area contributed by atoms with Gasteiger partial charge >= 0.3 is 0 Å². The van der Waals surface area contributed by atoms with E-state index in [-0.39, 0.29) is 5.91 Å². The molecule has 0 radical (unpaired) electrons. The minimum absolute atomic E-state index is 0.277. The average Bonchev–Trinajstić information content (AvgIpc) is 3.29. The van der Waals surface area contributed by atoms with Gasteiger partial charge in [-0.1, -0.05) is 30.3 Å². The number of nitrogens with zero attached hydrogens (tertiary/aromatic N) is 4. The lowest BCUT2D eigenvalue weighted by Gasteiger charge is -2.05. The van der Waals surface area contributed by atoms with E-state index < -0.39 is 0 Å². The molecule has 4 rings (SSSR count). The Morgan fingerprint density at radius 2 is 2.12 bits per heavy atom. The Hall–Kier alpha value is -2.96. The Balaban J connectivity index is 1.54. The third kappa shape index (κ3) is 2.58. The van der Waals surface area contributed by atoms with Crippen molar-refractivity contribution >= 4 is 5.91 Å². The van der Waals surface area contributed by atoms with Crippen molar-refractivity contribution in [3.63, 3.8) is 0 Å². The molecule has 1 N–H and O–H groups in total. The molecule has 1 amide bonds. The van der Waals surface area contributed by atoms with Crippen LogP contribution in [-0.4, -0.2) is 25.7 Å². The number of oxazole rings is 1. The van der Waals surface area contributed by atoms with Gasteiger partial charge in [0, 0.05) is 25.5 Å². The van der Waals surface area contributed by atoms with Crippen molar-refractivity contribution in [3.8, 4) is 11.3 Å². The monoisotopic (exact) mass is 323 g/mol. The van der Waals surface area contributed by atoms with Gasteiger partial charge in [0.25, 0.3) is 5.91 Å². The quantitative estimate of drug-likeness (QED) is 0.795. The van der Waals surface area contributed by atoms with Crippen LogP contribution >= 0.6 is 0 Å². The number of nitrogens with one attached hydrogen (secondary N) is 1. The van der Waals surface area contributed by atoms with E-state index in [9.17, 15) is 4.79 Å². The van der Waals surface area contributed by atoms with Gasteiger partial charge < -0.3 is 14.3 Å². The van der Waals surface area contributed by atoms with Crippen molar-refractivity contribution in [1.29, 1.82) is 0 Å². The van der Waals surface area contributed by atoms with Crippen LogP contribution in [0.25, 0.3) is 11.3 Å². The van der Waals surface area contributed by atoms with Crippen LogP contribution in [-0.2, 0) is 19.5 Å². The summed E-state index contributed by atoms with van der Waals surface area (Å²) < 4.78 is 7.69. The van der Waals surface area contributed by atoms with E-state index in [1.54, 1.807) is 6.92 Å². The van der Waals surface area contributed by atoms with Gasteiger partial charge in [0.15, 0.2) is 23.2 Å². The van der Waals surface area contributed by atoms with Crippen LogP contribution < -0.4 is 5.32 Å². The second kappa shape index (κ2) is 5.92. The van der Waals surface area contributed by atoms with Gasteiger partial charge in [0.1, 0.15) is 5.82 Å². The van der Waals surface area contributed by atoms with Gasteiger partial charge in [0.05, 0.1) is 6.54 Å². The first-order valence-electron chi connectivity index (χ1n) is 7.94. The summed E-state index contributed by atoms with van der Waals surface area (Å²) in [6.07, 6.45) is 2.02. The number of amides is 1. The zero-order chi connectivity index (χ0) is 16.5. The Kier molecular flexibility index (Phi) is 3.60.